The molecule has 4 heteroatoms. The maximum atomic E-state index is 10.8. The zero-order valence-electron chi connectivity index (χ0n) is 8.70. The van der Waals surface area contributed by atoms with Crippen molar-refractivity contribution in [2.75, 3.05) is 6.61 Å². The van der Waals surface area contributed by atoms with Crippen molar-refractivity contribution in [1.29, 1.82) is 0 Å². The zero-order valence-corrected chi connectivity index (χ0v) is 8.70. The van der Waals surface area contributed by atoms with E-state index in [-0.39, 0.29) is 0 Å². The fourth-order valence-corrected chi connectivity index (χ4v) is 0.852. The number of carbonyl (C=O) groups excluding carboxylic acids is 1. The van der Waals surface area contributed by atoms with Gasteiger partial charge in [0, 0.05) is 6.42 Å². The Morgan fingerprint density at radius 2 is 2.08 bits per heavy atom. The van der Waals surface area contributed by atoms with Gasteiger partial charge in [0.1, 0.15) is 0 Å². The first kappa shape index (κ1) is 11.8. The van der Waals surface area contributed by atoms with Gasteiger partial charge in [0.05, 0.1) is 17.3 Å². The van der Waals surface area contributed by atoms with Crippen LogP contribution in [0.4, 0.5) is 4.79 Å². The maximum Gasteiger partial charge on any atom is 0.509 e. The average molecular weight is 185 g/mol. The van der Waals surface area contributed by atoms with Crippen LogP contribution in [0.2, 0.25) is 0 Å². The summed E-state index contributed by atoms with van der Waals surface area (Å²) in [6.07, 6.45) is 0.190. The third kappa shape index (κ3) is 5.15. The molecule has 0 N–H and O–H groups in total. The zero-order chi connectivity index (χ0) is 10.3. The minimum Gasteiger partial charge on any atom is -0.444 e. The van der Waals surface area contributed by atoms with Crippen LogP contribution < -0.4 is 0 Å². The van der Waals surface area contributed by atoms with Crippen LogP contribution in [0.25, 0.3) is 0 Å². The lowest BCUT2D eigenvalue weighted by Crippen LogP contribution is -2.08. The molecule has 0 heterocycles. The molecule has 0 aliphatic carbocycles. The van der Waals surface area contributed by atoms with Gasteiger partial charge >= 0.3 is 11.8 Å². The second-order valence-electron chi connectivity index (χ2n) is 2.90. The summed E-state index contributed by atoms with van der Waals surface area (Å²) in [6, 6.07) is 0. The van der Waals surface area contributed by atoms with Crippen molar-refractivity contribution in [2.24, 2.45) is 11.0 Å². The monoisotopic (exact) mass is 185 g/mol. The molecule has 0 bridgehead atoms. The summed E-state index contributed by atoms with van der Waals surface area (Å²) >= 11 is 0. The third-order valence-electron chi connectivity index (χ3n) is 1.56. The van der Waals surface area contributed by atoms with Crippen LogP contribution in [0.5, 0.6) is 0 Å². The molecule has 0 aromatic heterocycles. The lowest BCUT2D eigenvalue weighted by molar-refractivity contribution is -0.0934. The third-order valence-corrected chi connectivity index (χ3v) is 1.56. The van der Waals surface area contributed by atoms with Gasteiger partial charge in [0.25, 0.3) is 0 Å². The Balaban J connectivity index is 4.39. The van der Waals surface area contributed by atoms with E-state index in [1.807, 2.05) is 20.8 Å². The Bertz CT molecular complexity index is 228. The number of hydrogen-bond acceptors (Lipinski definition) is 2. The first-order valence-electron chi connectivity index (χ1n) is 4.56. The Hall–Kier alpha value is -1.15. The molecule has 0 radical (unpaired) electrons. The fourth-order valence-electron chi connectivity index (χ4n) is 0.852. The molecule has 0 aliphatic heterocycles. The molecule has 1 amide bonds. The molecule has 0 aromatic carbocycles. The topological polar surface area (TPSA) is 52.8 Å². The summed E-state index contributed by atoms with van der Waals surface area (Å²) in [5.74, 6) is 0.322. The van der Waals surface area contributed by atoms with Crippen molar-refractivity contribution in [3.63, 3.8) is 0 Å². The second kappa shape index (κ2) is 6.38. The minimum atomic E-state index is -0.617. The molecule has 13 heavy (non-hydrogen) atoms. The number of rotatable bonds is 3. The van der Waals surface area contributed by atoms with Crippen molar-refractivity contribution in [3.05, 3.63) is 0 Å². The van der Waals surface area contributed by atoms with Gasteiger partial charge in [0.15, 0.2) is 0 Å². The van der Waals surface area contributed by atoms with Crippen LogP contribution in [0.1, 0.15) is 34.1 Å². The van der Waals surface area contributed by atoms with Crippen molar-refractivity contribution in [1.82, 2.24) is 0 Å². The van der Waals surface area contributed by atoms with E-state index >= 15 is 0 Å². The summed E-state index contributed by atoms with van der Waals surface area (Å²) in [4.78, 5) is 14.6. The molecular formula is C9H17N2O2+. The van der Waals surface area contributed by atoms with E-state index in [1.165, 1.54) is 0 Å². The maximum absolute atomic E-state index is 10.8. The lowest BCUT2D eigenvalue weighted by Gasteiger charge is -1.90. The Kier molecular flexibility index (Phi) is 5.81. The molecule has 0 unspecified atom stereocenters. The van der Waals surface area contributed by atoms with Crippen LogP contribution in [0, 0.1) is 5.92 Å². The smallest absolute Gasteiger partial charge is 0.444 e. The molecule has 0 spiro atoms. The number of nitrogens with zero attached hydrogens (tertiary/aromatic N) is 2. The summed E-state index contributed by atoms with van der Waals surface area (Å²) in [5, 5.41) is 3.43. The van der Waals surface area contributed by atoms with E-state index in [2.05, 4.69) is 14.6 Å². The second-order valence-corrected chi connectivity index (χ2v) is 2.90. The Morgan fingerprint density at radius 3 is 2.46 bits per heavy atom. The van der Waals surface area contributed by atoms with Gasteiger partial charge in [-0.05, 0) is 6.92 Å². The number of hydrogen-bond donors (Lipinski definition) is 0. The standard InChI is InChI=1S/C9H17N2O2/c1-5-8(7(3)4)10-11-9(12)13-6-2/h7H,5-6H2,1-4H3/q+1. The van der Waals surface area contributed by atoms with Gasteiger partial charge in [0.2, 0.25) is 5.11 Å². The van der Waals surface area contributed by atoms with E-state index in [1.54, 1.807) is 6.92 Å². The highest BCUT2D eigenvalue weighted by atomic mass is 16.5. The van der Waals surface area contributed by atoms with E-state index in [9.17, 15) is 4.79 Å². The molecular weight excluding hydrogens is 168 g/mol. The predicted molar refractivity (Wildman–Crippen MR) is 49.8 cm³/mol. The SMILES string of the molecule is CCOC(=O)N=[N+]=C(CC)C(C)C. The molecule has 74 valence electrons. The molecule has 0 aromatic rings. The predicted octanol–water partition coefficient (Wildman–Crippen LogP) is 2.31. The molecule has 0 rings (SSSR count). The Labute approximate surface area is 78.7 Å². The Morgan fingerprint density at radius 1 is 1.46 bits per heavy atom. The van der Waals surface area contributed by atoms with Gasteiger partial charge in [-0.15, -0.1) is 0 Å². The van der Waals surface area contributed by atoms with Crippen molar-refractivity contribution in [2.45, 2.75) is 34.1 Å². The fraction of sp³-hybridized carbons (Fsp3) is 0.778. The summed E-state index contributed by atoms with van der Waals surface area (Å²) in [5.41, 5.74) is 0.910. The molecule has 0 atom stereocenters. The highest BCUT2D eigenvalue weighted by Gasteiger charge is 2.14. The van der Waals surface area contributed by atoms with E-state index in [0.717, 1.165) is 12.1 Å². The van der Waals surface area contributed by atoms with Gasteiger partial charge < -0.3 is 4.74 Å². The normalized spacial score (nSPS) is 9.31. The molecule has 0 aliphatic rings. The molecule has 0 saturated carbocycles. The molecule has 0 saturated heterocycles. The van der Waals surface area contributed by atoms with E-state index in [4.69, 9.17) is 0 Å². The number of ether oxygens (including phenoxy) is 1. The highest BCUT2D eigenvalue weighted by molar-refractivity contribution is 5.80. The van der Waals surface area contributed by atoms with Crippen molar-refractivity contribution >= 4 is 11.8 Å². The lowest BCUT2D eigenvalue weighted by atomic mass is 10.1. The van der Waals surface area contributed by atoms with Crippen molar-refractivity contribution < 1.29 is 14.3 Å². The van der Waals surface area contributed by atoms with Crippen LogP contribution in [0.3, 0.4) is 0 Å². The van der Waals surface area contributed by atoms with Crippen molar-refractivity contribution in [3.8, 4) is 0 Å². The van der Waals surface area contributed by atoms with Gasteiger partial charge in [-0.3, -0.25) is 0 Å². The van der Waals surface area contributed by atoms with Gasteiger partial charge in [-0.2, -0.15) is 0 Å². The number of carbonyl (C=O) groups is 1. The first-order chi connectivity index (χ1) is 6.11. The summed E-state index contributed by atoms with van der Waals surface area (Å²) in [7, 11) is 0. The van der Waals surface area contributed by atoms with E-state index in [0.29, 0.717) is 12.5 Å². The molecule has 4 nitrogen and oxygen atoms in total. The van der Waals surface area contributed by atoms with Crippen LogP contribution in [-0.4, -0.2) is 23.2 Å². The minimum absolute atomic E-state index is 0.322. The quantitative estimate of drug-likeness (QED) is 0.385. The van der Waals surface area contributed by atoms with Gasteiger partial charge in [-0.1, -0.05) is 20.8 Å². The number of amides is 1. The van der Waals surface area contributed by atoms with Crippen LogP contribution >= 0.6 is 0 Å². The van der Waals surface area contributed by atoms with Gasteiger partial charge in [-0.25, -0.2) is 4.79 Å². The summed E-state index contributed by atoms with van der Waals surface area (Å²) in [6.45, 7) is 8.09. The average Bonchev–Trinajstić information content (AvgIpc) is 2.05. The summed E-state index contributed by atoms with van der Waals surface area (Å²) < 4.78 is 4.60. The van der Waals surface area contributed by atoms with Crippen LogP contribution in [0.15, 0.2) is 5.11 Å². The van der Waals surface area contributed by atoms with Crippen LogP contribution in [-0.2, 0) is 4.74 Å². The first-order valence-corrected chi connectivity index (χ1v) is 4.56. The van der Waals surface area contributed by atoms with E-state index < -0.39 is 6.09 Å². The molecule has 0 fully saturated rings. The highest BCUT2D eigenvalue weighted by Crippen LogP contribution is 1.97. The largest absolute Gasteiger partial charge is 0.509 e.